The van der Waals surface area contributed by atoms with Crippen molar-refractivity contribution in [2.45, 2.75) is 19.3 Å². The number of likely N-dealkylation sites (tertiary alicyclic amines) is 1. The molecule has 1 aromatic rings. The molecule has 0 aromatic heterocycles. The summed E-state index contributed by atoms with van der Waals surface area (Å²) >= 11 is 0. The van der Waals surface area contributed by atoms with Crippen molar-refractivity contribution in [1.29, 1.82) is 0 Å². The van der Waals surface area contributed by atoms with E-state index in [0.29, 0.717) is 30.5 Å². The second-order valence-electron chi connectivity index (χ2n) is 5.54. The molecule has 0 aliphatic carbocycles. The lowest BCUT2D eigenvalue weighted by atomic mass is 10.1. The van der Waals surface area contributed by atoms with Crippen LogP contribution in [0, 0.1) is 0 Å². The van der Waals surface area contributed by atoms with Gasteiger partial charge < -0.3 is 15.4 Å². The van der Waals surface area contributed by atoms with Gasteiger partial charge in [-0.25, -0.2) is 13.4 Å². The number of guanidine groups is 1. The maximum atomic E-state index is 11.2. The van der Waals surface area contributed by atoms with Crippen LogP contribution in [0.1, 0.15) is 19.3 Å². The number of sulfonamides is 1. The molecular formula is C15H25IN4O3S. The van der Waals surface area contributed by atoms with Gasteiger partial charge in [0, 0.05) is 19.2 Å². The number of nitrogens with two attached hydrogens (primary N) is 1. The Labute approximate surface area is 160 Å². The molecular weight excluding hydrogens is 443 g/mol. The van der Waals surface area contributed by atoms with Gasteiger partial charge in [-0.3, -0.25) is 4.72 Å². The molecule has 3 N–H and O–H groups in total. The second-order valence-corrected chi connectivity index (χ2v) is 7.29. The number of nitrogens with one attached hydrogen (secondary N) is 1. The zero-order valence-electron chi connectivity index (χ0n) is 13.8. The molecule has 1 aliphatic heterocycles. The first-order chi connectivity index (χ1) is 10.9. The fourth-order valence-electron chi connectivity index (χ4n) is 2.41. The monoisotopic (exact) mass is 468 g/mol. The average Bonchev–Trinajstić information content (AvgIpc) is 2.51. The highest BCUT2D eigenvalue weighted by Crippen LogP contribution is 2.18. The van der Waals surface area contributed by atoms with Crippen LogP contribution in [0.25, 0.3) is 0 Å². The lowest BCUT2D eigenvalue weighted by Crippen LogP contribution is -2.41. The molecule has 1 saturated heterocycles. The Bertz CT molecular complexity index is 646. The van der Waals surface area contributed by atoms with Crippen LogP contribution in [0.5, 0.6) is 5.75 Å². The van der Waals surface area contributed by atoms with Gasteiger partial charge in [0.25, 0.3) is 0 Å². The minimum Gasteiger partial charge on any atom is -0.492 e. The number of aliphatic imine (C=N–C) groups is 1. The summed E-state index contributed by atoms with van der Waals surface area (Å²) in [6.45, 7) is 2.79. The molecule has 1 aromatic carbocycles. The molecule has 0 unspecified atom stereocenters. The molecule has 1 aliphatic rings. The SMILES string of the molecule is CS(=O)(=O)Nc1cccc(OCCN=C(N)N2CCCCC2)c1.I. The van der Waals surface area contributed by atoms with E-state index in [-0.39, 0.29) is 24.0 Å². The fourth-order valence-corrected chi connectivity index (χ4v) is 2.97. The van der Waals surface area contributed by atoms with Gasteiger partial charge in [0.05, 0.1) is 18.5 Å². The summed E-state index contributed by atoms with van der Waals surface area (Å²) in [5.74, 6) is 1.16. The first-order valence-electron chi connectivity index (χ1n) is 7.69. The zero-order valence-corrected chi connectivity index (χ0v) is 16.9. The van der Waals surface area contributed by atoms with Crippen molar-refractivity contribution in [3.63, 3.8) is 0 Å². The van der Waals surface area contributed by atoms with E-state index in [4.69, 9.17) is 10.5 Å². The predicted octanol–water partition coefficient (Wildman–Crippen LogP) is 1.86. The quantitative estimate of drug-likeness (QED) is 0.288. The van der Waals surface area contributed by atoms with Gasteiger partial charge in [0.15, 0.2) is 5.96 Å². The van der Waals surface area contributed by atoms with Crippen molar-refractivity contribution in [3.05, 3.63) is 24.3 Å². The van der Waals surface area contributed by atoms with Crippen LogP contribution in [0.2, 0.25) is 0 Å². The third-order valence-electron chi connectivity index (χ3n) is 3.45. The molecule has 9 heteroatoms. The Morgan fingerprint density at radius 3 is 2.71 bits per heavy atom. The van der Waals surface area contributed by atoms with Gasteiger partial charge in [0.2, 0.25) is 10.0 Å². The molecule has 24 heavy (non-hydrogen) atoms. The number of hydrogen-bond donors (Lipinski definition) is 2. The molecule has 2 rings (SSSR count). The fraction of sp³-hybridized carbons (Fsp3) is 0.533. The second kappa shape index (κ2) is 9.92. The number of rotatable bonds is 6. The molecule has 0 atom stereocenters. The molecule has 0 saturated carbocycles. The number of anilines is 1. The normalized spacial score (nSPS) is 15.5. The van der Waals surface area contributed by atoms with Crippen molar-refractivity contribution in [1.82, 2.24) is 4.90 Å². The molecule has 0 bridgehead atoms. The largest absolute Gasteiger partial charge is 0.492 e. The Balaban J connectivity index is 0.00000288. The van der Waals surface area contributed by atoms with Crippen molar-refractivity contribution in [2.24, 2.45) is 10.7 Å². The standard InChI is InChI=1S/C15H24N4O3S.HI/c1-23(20,21)18-13-6-5-7-14(12-13)22-11-8-17-15(16)19-9-3-2-4-10-19;/h5-7,12,18H,2-4,8-11H2,1H3,(H2,16,17);1H. The van der Waals surface area contributed by atoms with Gasteiger partial charge >= 0.3 is 0 Å². The van der Waals surface area contributed by atoms with Crippen molar-refractivity contribution in [2.75, 3.05) is 37.2 Å². The van der Waals surface area contributed by atoms with E-state index in [1.807, 2.05) is 0 Å². The summed E-state index contributed by atoms with van der Waals surface area (Å²) in [6, 6.07) is 6.80. The average molecular weight is 468 g/mol. The van der Waals surface area contributed by atoms with Crippen LogP contribution in [0.15, 0.2) is 29.3 Å². The van der Waals surface area contributed by atoms with Crippen LogP contribution in [-0.2, 0) is 10.0 Å². The van der Waals surface area contributed by atoms with Gasteiger partial charge in [-0.1, -0.05) is 6.07 Å². The van der Waals surface area contributed by atoms with Crippen LogP contribution in [0.3, 0.4) is 0 Å². The van der Waals surface area contributed by atoms with Crippen LogP contribution < -0.4 is 15.2 Å². The van der Waals surface area contributed by atoms with Gasteiger partial charge in [-0.05, 0) is 31.4 Å². The molecule has 136 valence electrons. The van der Waals surface area contributed by atoms with Gasteiger partial charge in [-0.2, -0.15) is 0 Å². The predicted molar refractivity (Wildman–Crippen MR) is 108 cm³/mol. The Kier molecular flexibility index (Phi) is 8.60. The van der Waals surface area contributed by atoms with Crippen molar-refractivity contribution < 1.29 is 13.2 Å². The molecule has 0 amide bonds. The van der Waals surface area contributed by atoms with Crippen LogP contribution in [-0.4, -0.2) is 51.8 Å². The summed E-state index contributed by atoms with van der Waals surface area (Å²) in [6.07, 6.45) is 4.68. The van der Waals surface area contributed by atoms with E-state index in [1.165, 1.54) is 6.42 Å². The van der Waals surface area contributed by atoms with E-state index in [1.54, 1.807) is 24.3 Å². The third-order valence-corrected chi connectivity index (χ3v) is 4.06. The number of ether oxygens (including phenoxy) is 1. The lowest BCUT2D eigenvalue weighted by molar-refractivity contribution is 0.321. The number of benzene rings is 1. The summed E-state index contributed by atoms with van der Waals surface area (Å²) < 4.78 is 30.4. The first kappa shape index (κ1) is 20.8. The minimum atomic E-state index is -3.29. The highest BCUT2D eigenvalue weighted by molar-refractivity contribution is 14.0. The van der Waals surface area contributed by atoms with Crippen molar-refractivity contribution in [3.8, 4) is 5.75 Å². The Morgan fingerprint density at radius 2 is 2.04 bits per heavy atom. The Hall–Kier alpha value is -1.23. The number of halogens is 1. The Morgan fingerprint density at radius 1 is 1.33 bits per heavy atom. The molecule has 0 radical (unpaired) electrons. The summed E-state index contributed by atoms with van der Waals surface area (Å²) in [5, 5.41) is 0. The van der Waals surface area contributed by atoms with Gasteiger partial charge in [0.1, 0.15) is 12.4 Å². The summed E-state index contributed by atoms with van der Waals surface area (Å²) in [7, 11) is -3.29. The van der Waals surface area contributed by atoms with E-state index < -0.39 is 10.0 Å². The first-order valence-corrected chi connectivity index (χ1v) is 9.59. The van der Waals surface area contributed by atoms with E-state index in [2.05, 4.69) is 14.6 Å². The maximum absolute atomic E-state index is 11.2. The van der Waals surface area contributed by atoms with E-state index in [9.17, 15) is 8.42 Å². The molecule has 1 heterocycles. The minimum absolute atomic E-state index is 0. The summed E-state index contributed by atoms with van der Waals surface area (Å²) in [4.78, 5) is 6.43. The highest BCUT2D eigenvalue weighted by Gasteiger charge is 2.11. The zero-order chi connectivity index (χ0) is 16.7. The van der Waals surface area contributed by atoms with Gasteiger partial charge in [-0.15, -0.1) is 24.0 Å². The van der Waals surface area contributed by atoms with Crippen molar-refractivity contribution >= 4 is 45.6 Å². The highest BCUT2D eigenvalue weighted by atomic mass is 127. The third kappa shape index (κ3) is 7.56. The molecule has 7 nitrogen and oxygen atoms in total. The lowest BCUT2D eigenvalue weighted by Gasteiger charge is -2.27. The molecule has 0 spiro atoms. The van der Waals surface area contributed by atoms with E-state index in [0.717, 1.165) is 32.2 Å². The topological polar surface area (TPSA) is 97.0 Å². The number of nitrogens with zero attached hydrogens (tertiary/aromatic N) is 2. The summed E-state index contributed by atoms with van der Waals surface area (Å²) in [5.41, 5.74) is 6.44. The van der Waals surface area contributed by atoms with Crippen LogP contribution in [0.4, 0.5) is 5.69 Å². The number of hydrogen-bond acceptors (Lipinski definition) is 4. The number of piperidine rings is 1. The van der Waals surface area contributed by atoms with E-state index >= 15 is 0 Å². The molecule has 1 fully saturated rings. The van der Waals surface area contributed by atoms with Crippen LogP contribution >= 0.6 is 24.0 Å². The smallest absolute Gasteiger partial charge is 0.229 e. The maximum Gasteiger partial charge on any atom is 0.229 e.